The molecule has 0 bridgehead atoms. The van der Waals surface area contributed by atoms with E-state index in [-0.39, 0.29) is 29.2 Å². The number of fused-ring (bicyclic) bond motifs is 1. The third kappa shape index (κ3) is 4.82. The highest BCUT2D eigenvalue weighted by Crippen LogP contribution is 2.35. The molecule has 0 spiro atoms. The fourth-order valence-corrected chi connectivity index (χ4v) is 4.84. The fraction of sp³-hybridized carbons (Fsp3) is 0.161. The lowest BCUT2D eigenvalue weighted by molar-refractivity contribution is 0.0980. The zero-order chi connectivity index (χ0) is 28.0. The largest absolute Gasteiger partial charge is 0.455 e. The molecule has 0 unspecified atom stereocenters. The van der Waals surface area contributed by atoms with Gasteiger partial charge in [0.2, 0.25) is 5.95 Å². The molecule has 9 heteroatoms. The first-order chi connectivity index (χ1) is 19.3. The van der Waals surface area contributed by atoms with Gasteiger partial charge in [-0.1, -0.05) is 12.1 Å². The Morgan fingerprint density at radius 3 is 2.38 bits per heavy atom. The van der Waals surface area contributed by atoms with Gasteiger partial charge in [0, 0.05) is 22.6 Å². The number of amides is 2. The molecule has 1 aliphatic carbocycles. The SMILES string of the molecule is Cc1ccc(C(=O)N(c2ncc(F)cn2)C2CC2)cc1Cc1ccc2oc(-c3ccc(F)cc3)c(C(N)=O)c2c1. The van der Waals surface area contributed by atoms with Crippen LogP contribution in [-0.2, 0) is 6.42 Å². The topological polar surface area (TPSA) is 102 Å². The Kier molecular flexibility index (Phi) is 6.34. The average Bonchev–Trinajstić information content (AvgIpc) is 3.70. The maximum atomic E-state index is 13.5. The minimum Gasteiger partial charge on any atom is -0.455 e. The zero-order valence-corrected chi connectivity index (χ0v) is 21.5. The highest BCUT2D eigenvalue weighted by atomic mass is 19.1. The van der Waals surface area contributed by atoms with E-state index in [4.69, 9.17) is 10.2 Å². The van der Waals surface area contributed by atoms with Gasteiger partial charge in [-0.3, -0.25) is 14.5 Å². The third-order valence-corrected chi connectivity index (χ3v) is 7.05. The Morgan fingerprint density at radius 2 is 1.70 bits per heavy atom. The van der Waals surface area contributed by atoms with Crippen molar-refractivity contribution in [3.8, 4) is 11.3 Å². The van der Waals surface area contributed by atoms with Gasteiger partial charge in [-0.25, -0.2) is 18.7 Å². The number of carbonyl (C=O) groups is 2. The van der Waals surface area contributed by atoms with Crippen molar-refractivity contribution in [3.05, 3.63) is 113 Å². The number of nitrogens with two attached hydrogens (primary N) is 1. The zero-order valence-electron chi connectivity index (χ0n) is 21.5. The van der Waals surface area contributed by atoms with Crippen molar-refractivity contribution in [1.29, 1.82) is 0 Å². The van der Waals surface area contributed by atoms with Crippen LogP contribution in [0.4, 0.5) is 14.7 Å². The summed E-state index contributed by atoms with van der Waals surface area (Å²) in [5, 5.41) is 0.558. The van der Waals surface area contributed by atoms with Crippen LogP contribution in [0.2, 0.25) is 0 Å². The van der Waals surface area contributed by atoms with Crippen molar-refractivity contribution >= 4 is 28.7 Å². The average molecular weight is 539 g/mol. The Labute approximate surface area is 228 Å². The molecular formula is C31H24F2N4O3. The maximum absolute atomic E-state index is 13.5. The second-order valence-corrected chi connectivity index (χ2v) is 9.93. The summed E-state index contributed by atoms with van der Waals surface area (Å²) in [6.07, 6.45) is 4.25. The number of aryl methyl sites for hydroxylation is 1. The molecule has 200 valence electrons. The Bertz CT molecular complexity index is 1760. The Balaban J connectivity index is 1.33. The van der Waals surface area contributed by atoms with Crippen molar-refractivity contribution in [2.75, 3.05) is 4.90 Å². The summed E-state index contributed by atoms with van der Waals surface area (Å²) < 4.78 is 32.8. The minimum absolute atomic E-state index is 0.0197. The first kappa shape index (κ1) is 25.4. The quantitative estimate of drug-likeness (QED) is 0.275. The van der Waals surface area contributed by atoms with Crippen LogP contribution in [0, 0.1) is 18.6 Å². The minimum atomic E-state index is -0.651. The second kappa shape index (κ2) is 10.00. The van der Waals surface area contributed by atoms with Crippen molar-refractivity contribution in [1.82, 2.24) is 9.97 Å². The molecule has 6 rings (SSSR count). The van der Waals surface area contributed by atoms with Crippen LogP contribution in [-0.4, -0.2) is 27.8 Å². The lowest BCUT2D eigenvalue weighted by atomic mass is 9.96. The molecule has 1 fully saturated rings. The lowest BCUT2D eigenvalue weighted by Gasteiger charge is -2.21. The van der Waals surface area contributed by atoms with Crippen LogP contribution < -0.4 is 10.6 Å². The van der Waals surface area contributed by atoms with E-state index in [2.05, 4.69) is 9.97 Å². The highest BCUT2D eigenvalue weighted by molar-refractivity contribution is 6.10. The van der Waals surface area contributed by atoms with E-state index in [1.54, 1.807) is 12.1 Å². The van der Waals surface area contributed by atoms with Crippen LogP contribution in [0.5, 0.6) is 0 Å². The van der Waals surface area contributed by atoms with E-state index >= 15 is 0 Å². The standard InChI is InChI=1S/C31H24F2N4O3/c1-17-2-4-20(30(39)37(24-9-10-24)31-35-15-23(33)16-36-31)14-21(17)12-18-3-11-26-25(13-18)27(29(34)38)28(40-26)19-5-7-22(32)8-6-19/h2-8,11,13-16,24H,9-10,12H2,1H3,(H2,34,38). The molecule has 2 heterocycles. The second-order valence-electron chi connectivity index (χ2n) is 9.93. The van der Waals surface area contributed by atoms with Crippen LogP contribution in [0.15, 0.2) is 77.5 Å². The van der Waals surface area contributed by atoms with E-state index < -0.39 is 17.5 Å². The Hall–Kier alpha value is -4.92. The van der Waals surface area contributed by atoms with Crippen molar-refractivity contribution in [2.24, 2.45) is 5.73 Å². The normalized spacial score (nSPS) is 13.0. The summed E-state index contributed by atoms with van der Waals surface area (Å²) in [6, 6.07) is 16.6. The molecule has 0 aliphatic heterocycles. The molecule has 7 nitrogen and oxygen atoms in total. The van der Waals surface area contributed by atoms with Gasteiger partial charge in [0.25, 0.3) is 11.8 Å². The number of nitrogens with zero attached hydrogens (tertiary/aromatic N) is 3. The smallest absolute Gasteiger partial charge is 0.260 e. The lowest BCUT2D eigenvalue weighted by Crippen LogP contribution is -2.34. The van der Waals surface area contributed by atoms with Gasteiger partial charge in [0.05, 0.1) is 18.0 Å². The molecule has 1 saturated carbocycles. The number of aromatic nitrogens is 2. The van der Waals surface area contributed by atoms with Gasteiger partial charge in [-0.2, -0.15) is 0 Å². The van der Waals surface area contributed by atoms with Gasteiger partial charge in [-0.15, -0.1) is 0 Å². The molecule has 0 atom stereocenters. The number of furan rings is 1. The summed E-state index contributed by atoms with van der Waals surface area (Å²) in [5.74, 6) is -1.40. The van der Waals surface area contributed by atoms with Crippen molar-refractivity contribution < 1.29 is 22.8 Å². The van der Waals surface area contributed by atoms with Gasteiger partial charge >= 0.3 is 0 Å². The maximum Gasteiger partial charge on any atom is 0.260 e. The van der Waals surface area contributed by atoms with Crippen LogP contribution in [0.3, 0.4) is 0 Å². The molecule has 5 aromatic rings. The molecular weight excluding hydrogens is 514 g/mol. The number of primary amides is 1. The first-order valence-corrected chi connectivity index (χ1v) is 12.8. The van der Waals surface area contributed by atoms with Crippen LogP contribution in [0.1, 0.15) is 50.2 Å². The summed E-state index contributed by atoms with van der Waals surface area (Å²) in [4.78, 5) is 35.6. The first-order valence-electron chi connectivity index (χ1n) is 12.8. The summed E-state index contributed by atoms with van der Waals surface area (Å²) in [5.41, 5.74) is 10.3. The Morgan fingerprint density at radius 1 is 0.975 bits per heavy atom. The number of carbonyl (C=O) groups excluding carboxylic acids is 2. The van der Waals surface area contributed by atoms with Crippen LogP contribution >= 0.6 is 0 Å². The van der Waals surface area contributed by atoms with Crippen LogP contribution in [0.25, 0.3) is 22.3 Å². The van der Waals surface area contributed by atoms with Gasteiger partial charge < -0.3 is 10.2 Å². The van der Waals surface area contributed by atoms with Gasteiger partial charge in [-0.05, 0) is 91.4 Å². The predicted molar refractivity (Wildman–Crippen MR) is 146 cm³/mol. The van der Waals surface area contributed by atoms with Crippen molar-refractivity contribution in [2.45, 2.75) is 32.2 Å². The monoisotopic (exact) mass is 538 g/mol. The summed E-state index contributed by atoms with van der Waals surface area (Å²) >= 11 is 0. The molecule has 3 aromatic carbocycles. The molecule has 1 aliphatic rings. The number of hydrogen-bond donors (Lipinski definition) is 1. The van der Waals surface area contributed by atoms with E-state index in [1.165, 1.54) is 29.2 Å². The highest BCUT2D eigenvalue weighted by Gasteiger charge is 2.36. The molecule has 2 aromatic heterocycles. The van der Waals surface area contributed by atoms with E-state index in [0.717, 1.165) is 41.9 Å². The number of halogens is 2. The van der Waals surface area contributed by atoms with E-state index in [9.17, 15) is 18.4 Å². The van der Waals surface area contributed by atoms with Crippen molar-refractivity contribution in [3.63, 3.8) is 0 Å². The molecule has 2 amide bonds. The predicted octanol–water partition coefficient (Wildman–Crippen LogP) is 5.98. The van der Waals surface area contributed by atoms with E-state index in [0.29, 0.717) is 28.5 Å². The number of hydrogen-bond acceptors (Lipinski definition) is 5. The van der Waals surface area contributed by atoms with Gasteiger partial charge in [0.1, 0.15) is 17.2 Å². The number of benzene rings is 3. The molecule has 0 saturated heterocycles. The third-order valence-electron chi connectivity index (χ3n) is 7.05. The molecule has 40 heavy (non-hydrogen) atoms. The fourth-order valence-electron chi connectivity index (χ4n) is 4.84. The molecule has 0 radical (unpaired) electrons. The van der Waals surface area contributed by atoms with Gasteiger partial charge in [0.15, 0.2) is 5.82 Å². The number of anilines is 1. The summed E-state index contributed by atoms with van der Waals surface area (Å²) in [7, 11) is 0. The number of rotatable bonds is 7. The molecule has 2 N–H and O–H groups in total. The van der Waals surface area contributed by atoms with E-state index in [1.807, 2.05) is 31.2 Å². The summed E-state index contributed by atoms with van der Waals surface area (Å²) in [6.45, 7) is 1.96.